The van der Waals surface area contributed by atoms with Gasteiger partial charge in [0.15, 0.2) is 0 Å². The molecule has 3 nitrogen and oxygen atoms in total. The van der Waals surface area contributed by atoms with Gasteiger partial charge in [-0.1, -0.05) is 38.4 Å². The SMILES string of the molecule is CC(C)(C)CCC(=O)NCC(O)c1ccc(Cl)c(F)c1. The first-order chi connectivity index (χ1) is 9.19. The Morgan fingerprint density at radius 3 is 2.65 bits per heavy atom. The molecule has 0 aliphatic rings. The van der Waals surface area contributed by atoms with Crippen LogP contribution in [0.25, 0.3) is 0 Å². The number of amides is 1. The summed E-state index contributed by atoms with van der Waals surface area (Å²) in [6, 6.07) is 4.10. The van der Waals surface area contributed by atoms with E-state index < -0.39 is 11.9 Å². The van der Waals surface area contributed by atoms with Crippen molar-refractivity contribution < 1.29 is 14.3 Å². The van der Waals surface area contributed by atoms with Crippen LogP contribution in [-0.2, 0) is 4.79 Å². The van der Waals surface area contributed by atoms with Crippen molar-refractivity contribution in [3.05, 3.63) is 34.6 Å². The van der Waals surface area contributed by atoms with Gasteiger partial charge in [-0.05, 0) is 29.5 Å². The molecule has 20 heavy (non-hydrogen) atoms. The van der Waals surface area contributed by atoms with Crippen LogP contribution in [0.2, 0.25) is 5.02 Å². The molecule has 1 atom stereocenters. The molecule has 1 unspecified atom stereocenters. The molecule has 5 heteroatoms. The third kappa shape index (κ3) is 5.88. The summed E-state index contributed by atoms with van der Waals surface area (Å²) < 4.78 is 13.3. The topological polar surface area (TPSA) is 49.3 Å². The minimum Gasteiger partial charge on any atom is -0.387 e. The number of hydrogen-bond acceptors (Lipinski definition) is 2. The summed E-state index contributed by atoms with van der Waals surface area (Å²) in [6.07, 6.45) is 0.232. The van der Waals surface area contributed by atoms with Crippen LogP contribution in [0.4, 0.5) is 4.39 Å². The van der Waals surface area contributed by atoms with Crippen LogP contribution in [-0.4, -0.2) is 17.6 Å². The first-order valence-electron chi connectivity index (χ1n) is 6.59. The lowest BCUT2D eigenvalue weighted by Crippen LogP contribution is -2.29. The summed E-state index contributed by atoms with van der Waals surface area (Å²) >= 11 is 5.57. The lowest BCUT2D eigenvalue weighted by molar-refractivity contribution is -0.122. The highest BCUT2D eigenvalue weighted by Crippen LogP contribution is 2.21. The Hall–Kier alpha value is -1.13. The van der Waals surface area contributed by atoms with E-state index in [1.165, 1.54) is 18.2 Å². The second-order valence-electron chi connectivity index (χ2n) is 6.05. The molecule has 0 saturated heterocycles. The van der Waals surface area contributed by atoms with Gasteiger partial charge in [-0.25, -0.2) is 4.39 Å². The fourth-order valence-electron chi connectivity index (χ4n) is 1.62. The van der Waals surface area contributed by atoms with Crippen molar-refractivity contribution in [3.8, 4) is 0 Å². The van der Waals surface area contributed by atoms with Crippen LogP contribution in [0.15, 0.2) is 18.2 Å². The van der Waals surface area contributed by atoms with Crippen LogP contribution < -0.4 is 5.32 Å². The number of aliphatic hydroxyl groups is 1. The molecule has 0 radical (unpaired) electrons. The van der Waals surface area contributed by atoms with E-state index in [4.69, 9.17) is 11.6 Å². The van der Waals surface area contributed by atoms with E-state index >= 15 is 0 Å². The Labute approximate surface area is 124 Å². The fourth-order valence-corrected chi connectivity index (χ4v) is 1.74. The molecular formula is C15H21ClFNO2. The van der Waals surface area contributed by atoms with Gasteiger partial charge in [0.2, 0.25) is 5.91 Å². The van der Waals surface area contributed by atoms with Crippen molar-refractivity contribution in [2.75, 3.05) is 6.54 Å². The molecule has 1 aromatic rings. The highest BCUT2D eigenvalue weighted by Gasteiger charge is 2.15. The number of benzene rings is 1. The summed E-state index contributed by atoms with van der Waals surface area (Å²) in [7, 11) is 0. The summed E-state index contributed by atoms with van der Waals surface area (Å²) in [5.74, 6) is -0.698. The number of carbonyl (C=O) groups excluding carboxylic acids is 1. The van der Waals surface area contributed by atoms with Crippen molar-refractivity contribution in [2.24, 2.45) is 5.41 Å². The second-order valence-corrected chi connectivity index (χ2v) is 6.46. The number of nitrogens with one attached hydrogen (secondary N) is 1. The van der Waals surface area contributed by atoms with Gasteiger partial charge in [0, 0.05) is 13.0 Å². The lowest BCUT2D eigenvalue weighted by Gasteiger charge is -2.18. The van der Waals surface area contributed by atoms with E-state index in [2.05, 4.69) is 26.1 Å². The summed E-state index contributed by atoms with van der Waals surface area (Å²) in [5.41, 5.74) is 0.484. The van der Waals surface area contributed by atoms with Gasteiger partial charge in [-0.2, -0.15) is 0 Å². The lowest BCUT2D eigenvalue weighted by atomic mass is 9.90. The molecule has 0 bridgehead atoms. The van der Waals surface area contributed by atoms with Crippen LogP contribution >= 0.6 is 11.6 Å². The molecule has 0 aliphatic carbocycles. The van der Waals surface area contributed by atoms with Gasteiger partial charge in [0.1, 0.15) is 5.82 Å². The average molecular weight is 302 g/mol. The quantitative estimate of drug-likeness (QED) is 0.875. The van der Waals surface area contributed by atoms with Crippen LogP contribution in [0.3, 0.4) is 0 Å². The standard InChI is InChI=1S/C15H21ClFNO2/c1-15(2,3)7-6-14(20)18-9-13(19)10-4-5-11(16)12(17)8-10/h4-5,8,13,19H,6-7,9H2,1-3H3,(H,18,20). The monoisotopic (exact) mass is 301 g/mol. The van der Waals surface area contributed by atoms with Crippen molar-refractivity contribution in [1.29, 1.82) is 0 Å². The Morgan fingerprint density at radius 1 is 1.45 bits per heavy atom. The molecule has 0 saturated carbocycles. The van der Waals surface area contributed by atoms with E-state index in [1.807, 2.05) is 0 Å². The third-order valence-electron chi connectivity index (χ3n) is 2.92. The largest absolute Gasteiger partial charge is 0.387 e. The van der Waals surface area contributed by atoms with E-state index in [0.717, 1.165) is 6.42 Å². The van der Waals surface area contributed by atoms with Gasteiger partial charge in [-0.3, -0.25) is 4.79 Å². The Morgan fingerprint density at radius 2 is 2.10 bits per heavy atom. The molecule has 0 heterocycles. The van der Waals surface area contributed by atoms with Crippen molar-refractivity contribution in [1.82, 2.24) is 5.32 Å². The molecule has 1 amide bonds. The zero-order valence-electron chi connectivity index (χ0n) is 12.0. The highest BCUT2D eigenvalue weighted by atomic mass is 35.5. The van der Waals surface area contributed by atoms with Crippen molar-refractivity contribution >= 4 is 17.5 Å². The van der Waals surface area contributed by atoms with Crippen molar-refractivity contribution in [3.63, 3.8) is 0 Å². The molecule has 0 fully saturated rings. The molecule has 1 rings (SSSR count). The molecule has 2 N–H and O–H groups in total. The number of rotatable bonds is 5. The van der Waals surface area contributed by atoms with E-state index in [0.29, 0.717) is 12.0 Å². The maximum absolute atomic E-state index is 13.3. The zero-order valence-corrected chi connectivity index (χ0v) is 12.8. The minimum atomic E-state index is -0.944. The molecule has 0 aromatic heterocycles. The molecule has 1 aromatic carbocycles. The van der Waals surface area contributed by atoms with Crippen LogP contribution in [0.1, 0.15) is 45.3 Å². The average Bonchev–Trinajstić information content (AvgIpc) is 2.36. The second kappa shape index (κ2) is 7.04. The number of carbonyl (C=O) groups is 1. The Bertz CT molecular complexity index is 471. The maximum Gasteiger partial charge on any atom is 0.220 e. The van der Waals surface area contributed by atoms with E-state index in [-0.39, 0.29) is 22.9 Å². The maximum atomic E-state index is 13.3. The van der Waals surface area contributed by atoms with Gasteiger partial charge in [0.05, 0.1) is 11.1 Å². The predicted octanol–water partition coefficient (Wildman–Crippen LogP) is 3.46. The normalized spacial score (nSPS) is 13.1. The van der Waals surface area contributed by atoms with Crippen LogP contribution in [0, 0.1) is 11.2 Å². The van der Waals surface area contributed by atoms with E-state index in [9.17, 15) is 14.3 Å². The van der Waals surface area contributed by atoms with Gasteiger partial charge in [0.25, 0.3) is 0 Å². The van der Waals surface area contributed by atoms with Gasteiger partial charge >= 0.3 is 0 Å². The van der Waals surface area contributed by atoms with Crippen LogP contribution in [0.5, 0.6) is 0 Å². The highest BCUT2D eigenvalue weighted by molar-refractivity contribution is 6.30. The Kier molecular flexibility index (Phi) is 5.96. The molecular weight excluding hydrogens is 281 g/mol. The first kappa shape index (κ1) is 16.9. The smallest absolute Gasteiger partial charge is 0.220 e. The molecule has 0 spiro atoms. The predicted molar refractivity (Wildman–Crippen MR) is 78.1 cm³/mol. The summed E-state index contributed by atoms with van der Waals surface area (Å²) in [4.78, 5) is 11.6. The fraction of sp³-hybridized carbons (Fsp3) is 0.533. The van der Waals surface area contributed by atoms with Gasteiger partial charge < -0.3 is 10.4 Å². The third-order valence-corrected chi connectivity index (χ3v) is 3.23. The minimum absolute atomic E-state index is 0.00941. The van der Waals surface area contributed by atoms with Gasteiger partial charge in [-0.15, -0.1) is 0 Å². The summed E-state index contributed by atoms with van der Waals surface area (Å²) in [6.45, 7) is 6.24. The molecule has 112 valence electrons. The van der Waals surface area contributed by atoms with E-state index in [1.54, 1.807) is 0 Å². The number of aliphatic hydroxyl groups excluding tert-OH is 1. The number of hydrogen-bond donors (Lipinski definition) is 2. The first-order valence-corrected chi connectivity index (χ1v) is 6.96. The number of halogens is 2. The molecule has 0 aliphatic heterocycles. The van der Waals surface area contributed by atoms with Crippen molar-refractivity contribution in [2.45, 2.75) is 39.7 Å². The Balaban J connectivity index is 2.44. The zero-order chi connectivity index (χ0) is 15.3. The summed E-state index contributed by atoms with van der Waals surface area (Å²) in [5, 5.41) is 12.5.